The summed E-state index contributed by atoms with van der Waals surface area (Å²) in [6.07, 6.45) is 1.75. The molecule has 0 aliphatic carbocycles. The zero-order chi connectivity index (χ0) is 9.31. The number of rotatable bonds is 2. The fourth-order valence-electron chi connectivity index (χ4n) is 1.58. The van der Waals surface area contributed by atoms with Gasteiger partial charge in [-0.05, 0) is 12.1 Å². The largest absolute Gasteiger partial charge is 0.448 e. The zero-order valence-electron chi connectivity index (χ0n) is 8.04. The Hall–Kier alpha value is -1.18. The summed E-state index contributed by atoms with van der Waals surface area (Å²) in [6.45, 7) is 4.16. The van der Waals surface area contributed by atoms with E-state index in [0.29, 0.717) is 0 Å². The van der Waals surface area contributed by atoms with Gasteiger partial charge in [-0.15, -0.1) is 0 Å². The highest BCUT2D eigenvalue weighted by molar-refractivity contribution is 5.42. The molecule has 13 heavy (non-hydrogen) atoms. The van der Waals surface area contributed by atoms with E-state index < -0.39 is 5.79 Å². The smallest absolute Gasteiger partial charge is 0.251 e. The second-order valence-corrected chi connectivity index (χ2v) is 3.27. The average molecular weight is 178 g/mol. The maximum Gasteiger partial charge on any atom is 0.251 e. The molecule has 0 saturated carbocycles. The minimum absolute atomic E-state index is 0.413. The third-order valence-corrected chi connectivity index (χ3v) is 2.52. The predicted molar refractivity (Wildman–Crippen MR) is 51.0 cm³/mol. The maximum absolute atomic E-state index is 5.77. The van der Waals surface area contributed by atoms with E-state index in [1.165, 1.54) is 0 Å². The van der Waals surface area contributed by atoms with Gasteiger partial charge in [0, 0.05) is 12.8 Å². The fraction of sp³-hybridized carbons (Fsp3) is 0.455. The monoisotopic (exact) mass is 178 g/mol. The lowest BCUT2D eigenvalue weighted by Crippen LogP contribution is -2.36. The molecule has 0 amide bonds. The number of fused-ring (bicyclic) bond motifs is 1. The van der Waals surface area contributed by atoms with E-state index in [2.05, 4.69) is 13.8 Å². The second-order valence-electron chi connectivity index (χ2n) is 3.27. The minimum atomic E-state index is -0.413. The van der Waals surface area contributed by atoms with Gasteiger partial charge in [-0.3, -0.25) is 0 Å². The molecule has 2 rings (SSSR count). The van der Waals surface area contributed by atoms with Crippen molar-refractivity contribution in [1.82, 2.24) is 0 Å². The van der Waals surface area contributed by atoms with Crippen LogP contribution in [0.4, 0.5) is 0 Å². The molecule has 1 aliphatic rings. The van der Waals surface area contributed by atoms with E-state index in [0.717, 1.165) is 24.3 Å². The van der Waals surface area contributed by atoms with Gasteiger partial charge in [-0.2, -0.15) is 0 Å². The summed E-state index contributed by atoms with van der Waals surface area (Å²) in [5.41, 5.74) is 0. The van der Waals surface area contributed by atoms with E-state index in [1.807, 2.05) is 24.3 Å². The third kappa shape index (κ3) is 1.26. The first-order valence-corrected chi connectivity index (χ1v) is 4.77. The zero-order valence-corrected chi connectivity index (χ0v) is 8.04. The molecule has 0 N–H and O–H groups in total. The van der Waals surface area contributed by atoms with Gasteiger partial charge >= 0.3 is 0 Å². The maximum atomic E-state index is 5.77. The van der Waals surface area contributed by atoms with Crippen molar-refractivity contribution in [2.45, 2.75) is 32.5 Å². The first-order valence-electron chi connectivity index (χ1n) is 4.77. The lowest BCUT2D eigenvalue weighted by Gasteiger charge is -2.24. The summed E-state index contributed by atoms with van der Waals surface area (Å²) in [7, 11) is 0. The molecule has 0 unspecified atom stereocenters. The Morgan fingerprint density at radius 3 is 1.85 bits per heavy atom. The molecule has 1 aromatic rings. The molecular formula is C11H14O2. The molecule has 0 saturated heterocycles. The summed E-state index contributed by atoms with van der Waals surface area (Å²) >= 11 is 0. The molecule has 1 heterocycles. The van der Waals surface area contributed by atoms with Crippen LogP contribution in [0.15, 0.2) is 24.3 Å². The van der Waals surface area contributed by atoms with Crippen molar-refractivity contribution in [3.8, 4) is 11.5 Å². The minimum Gasteiger partial charge on any atom is -0.448 e. The van der Waals surface area contributed by atoms with E-state index in [-0.39, 0.29) is 0 Å². The second kappa shape index (κ2) is 2.95. The standard InChI is InChI=1S/C11H14O2/c1-3-11(4-2)12-9-7-5-6-8-10(9)13-11/h5-8H,3-4H2,1-2H3. The van der Waals surface area contributed by atoms with Crippen LogP contribution in [0.3, 0.4) is 0 Å². The molecule has 0 radical (unpaired) electrons. The average Bonchev–Trinajstić information content (AvgIpc) is 2.57. The highest BCUT2D eigenvalue weighted by Crippen LogP contribution is 2.41. The molecule has 70 valence electrons. The van der Waals surface area contributed by atoms with Crippen LogP contribution < -0.4 is 9.47 Å². The van der Waals surface area contributed by atoms with Crippen LogP contribution >= 0.6 is 0 Å². The van der Waals surface area contributed by atoms with Crippen molar-refractivity contribution in [3.05, 3.63) is 24.3 Å². The molecular weight excluding hydrogens is 164 g/mol. The van der Waals surface area contributed by atoms with Crippen LogP contribution in [-0.2, 0) is 0 Å². The molecule has 0 atom stereocenters. The van der Waals surface area contributed by atoms with Crippen molar-refractivity contribution in [3.63, 3.8) is 0 Å². The summed E-state index contributed by atoms with van der Waals surface area (Å²) < 4.78 is 11.5. The van der Waals surface area contributed by atoms with Crippen LogP contribution in [0.25, 0.3) is 0 Å². The number of para-hydroxylation sites is 2. The first kappa shape index (κ1) is 8.42. The Balaban J connectivity index is 2.30. The molecule has 0 bridgehead atoms. The van der Waals surface area contributed by atoms with Crippen LogP contribution in [0.1, 0.15) is 26.7 Å². The van der Waals surface area contributed by atoms with Gasteiger partial charge in [0.1, 0.15) is 0 Å². The van der Waals surface area contributed by atoms with Crippen molar-refractivity contribution in [1.29, 1.82) is 0 Å². The van der Waals surface area contributed by atoms with Gasteiger partial charge in [0.2, 0.25) is 0 Å². The lowest BCUT2D eigenvalue weighted by molar-refractivity contribution is -0.0843. The Morgan fingerprint density at radius 2 is 1.46 bits per heavy atom. The van der Waals surface area contributed by atoms with Crippen molar-refractivity contribution in [2.24, 2.45) is 0 Å². The van der Waals surface area contributed by atoms with Gasteiger partial charge < -0.3 is 9.47 Å². The van der Waals surface area contributed by atoms with Crippen molar-refractivity contribution >= 4 is 0 Å². The van der Waals surface area contributed by atoms with Crippen LogP contribution in [-0.4, -0.2) is 5.79 Å². The van der Waals surface area contributed by atoms with E-state index in [9.17, 15) is 0 Å². The molecule has 2 heteroatoms. The highest BCUT2D eigenvalue weighted by Gasteiger charge is 2.37. The number of benzene rings is 1. The summed E-state index contributed by atoms with van der Waals surface area (Å²) in [5, 5.41) is 0. The number of hydrogen-bond donors (Lipinski definition) is 0. The molecule has 1 aliphatic heterocycles. The molecule has 1 aromatic carbocycles. The van der Waals surface area contributed by atoms with Crippen LogP contribution in [0, 0.1) is 0 Å². The molecule has 0 fully saturated rings. The topological polar surface area (TPSA) is 18.5 Å². The SMILES string of the molecule is CCC1(CC)Oc2ccccc2O1. The summed E-state index contributed by atoms with van der Waals surface area (Å²) in [4.78, 5) is 0. The van der Waals surface area contributed by atoms with E-state index in [1.54, 1.807) is 0 Å². The Kier molecular flexibility index (Phi) is 1.91. The van der Waals surface area contributed by atoms with Gasteiger partial charge in [-0.1, -0.05) is 26.0 Å². The first-order chi connectivity index (χ1) is 6.29. The third-order valence-electron chi connectivity index (χ3n) is 2.52. The van der Waals surface area contributed by atoms with E-state index >= 15 is 0 Å². The Bertz CT molecular complexity index is 276. The fourth-order valence-corrected chi connectivity index (χ4v) is 1.58. The van der Waals surface area contributed by atoms with Crippen molar-refractivity contribution < 1.29 is 9.47 Å². The Labute approximate surface area is 78.5 Å². The number of hydrogen-bond acceptors (Lipinski definition) is 2. The molecule has 0 aromatic heterocycles. The van der Waals surface area contributed by atoms with Crippen LogP contribution in [0.5, 0.6) is 11.5 Å². The number of ether oxygens (including phenoxy) is 2. The van der Waals surface area contributed by atoms with Gasteiger partial charge in [0.05, 0.1) is 0 Å². The van der Waals surface area contributed by atoms with E-state index in [4.69, 9.17) is 9.47 Å². The lowest BCUT2D eigenvalue weighted by atomic mass is 10.1. The molecule has 2 nitrogen and oxygen atoms in total. The predicted octanol–water partition coefficient (Wildman–Crippen LogP) is 2.97. The highest BCUT2D eigenvalue weighted by atomic mass is 16.7. The summed E-state index contributed by atoms with van der Waals surface area (Å²) in [5.74, 6) is 1.32. The Morgan fingerprint density at radius 1 is 1.00 bits per heavy atom. The summed E-state index contributed by atoms with van der Waals surface area (Å²) in [6, 6.07) is 7.82. The normalized spacial score (nSPS) is 17.4. The van der Waals surface area contributed by atoms with Crippen LogP contribution in [0.2, 0.25) is 0 Å². The van der Waals surface area contributed by atoms with Gasteiger partial charge in [0.25, 0.3) is 5.79 Å². The quantitative estimate of drug-likeness (QED) is 0.693. The van der Waals surface area contributed by atoms with Gasteiger partial charge in [0.15, 0.2) is 11.5 Å². The van der Waals surface area contributed by atoms with Gasteiger partial charge in [-0.25, -0.2) is 0 Å². The van der Waals surface area contributed by atoms with Crippen molar-refractivity contribution in [2.75, 3.05) is 0 Å². The molecule has 0 spiro atoms.